The third-order valence-corrected chi connectivity index (χ3v) is 5.84. The fraction of sp³-hybridized carbons (Fsp3) is 0.0800. The summed E-state index contributed by atoms with van der Waals surface area (Å²) < 4.78 is 1.66. The van der Waals surface area contributed by atoms with Gasteiger partial charge in [0.15, 0.2) is 5.11 Å². The number of nitrogens with zero attached hydrogens (tertiary/aromatic N) is 2. The minimum Gasteiger partial charge on any atom is -0.478 e. The van der Waals surface area contributed by atoms with Gasteiger partial charge in [0.05, 0.1) is 16.8 Å². The SMILES string of the molecule is Cc1cc(/C=C2\C(=O)NC(=S)N(c3ccccc3)C2=O)c(C)n1-c1cc(C(=O)O)cc(C(=O)O)c1. The highest BCUT2D eigenvalue weighted by atomic mass is 32.1. The lowest BCUT2D eigenvalue weighted by atomic mass is 10.1. The molecule has 2 amide bonds. The van der Waals surface area contributed by atoms with Crippen molar-refractivity contribution in [2.24, 2.45) is 0 Å². The van der Waals surface area contributed by atoms with Gasteiger partial charge in [0.2, 0.25) is 0 Å². The predicted molar refractivity (Wildman–Crippen MR) is 132 cm³/mol. The summed E-state index contributed by atoms with van der Waals surface area (Å²) in [6.45, 7) is 3.47. The van der Waals surface area contributed by atoms with Crippen LogP contribution in [0.2, 0.25) is 0 Å². The smallest absolute Gasteiger partial charge is 0.335 e. The second-order valence-corrected chi connectivity index (χ2v) is 8.22. The lowest BCUT2D eigenvalue weighted by Gasteiger charge is -2.28. The number of carbonyl (C=O) groups excluding carboxylic acids is 2. The molecule has 0 bridgehead atoms. The molecule has 0 radical (unpaired) electrons. The van der Waals surface area contributed by atoms with Gasteiger partial charge < -0.3 is 14.8 Å². The van der Waals surface area contributed by atoms with E-state index >= 15 is 0 Å². The molecular weight excluding hydrogens is 470 g/mol. The number of hydrogen-bond acceptors (Lipinski definition) is 5. The van der Waals surface area contributed by atoms with Gasteiger partial charge in [-0.3, -0.25) is 19.8 Å². The number of carbonyl (C=O) groups is 4. The molecule has 1 fully saturated rings. The molecule has 1 aliphatic rings. The summed E-state index contributed by atoms with van der Waals surface area (Å²) in [7, 11) is 0. The van der Waals surface area contributed by atoms with E-state index in [4.69, 9.17) is 12.2 Å². The van der Waals surface area contributed by atoms with Crippen molar-refractivity contribution in [3.8, 4) is 5.69 Å². The molecule has 0 atom stereocenters. The maximum absolute atomic E-state index is 13.2. The topological polar surface area (TPSA) is 129 Å². The van der Waals surface area contributed by atoms with Crippen LogP contribution in [0, 0.1) is 13.8 Å². The summed E-state index contributed by atoms with van der Waals surface area (Å²) >= 11 is 5.21. The predicted octanol–water partition coefficient (Wildman–Crippen LogP) is 3.32. The number of thiocarbonyl (C=S) groups is 1. The van der Waals surface area contributed by atoms with Crippen molar-refractivity contribution in [3.05, 3.63) is 88.2 Å². The van der Waals surface area contributed by atoms with Crippen molar-refractivity contribution in [1.29, 1.82) is 0 Å². The van der Waals surface area contributed by atoms with Crippen LogP contribution in [0.1, 0.15) is 37.7 Å². The Balaban J connectivity index is 1.81. The van der Waals surface area contributed by atoms with Crippen LogP contribution >= 0.6 is 12.2 Å². The van der Waals surface area contributed by atoms with Gasteiger partial charge in [-0.2, -0.15) is 0 Å². The highest BCUT2D eigenvalue weighted by Gasteiger charge is 2.34. The van der Waals surface area contributed by atoms with E-state index in [9.17, 15) is 29.4 Å². The van der Waals surface area contributed by atoms with E-state index in [0.717, 1.165) is 6.07 Å². The first-order chi connectivity index (χ1) is 16.6. The fourth-order valence-corrected chi connectivity index (χ4v) is 4.22. The van der Waals surface area contributed by atoms with Gasteiger partial charge in [-0.15, -0.1) is 0 Å². The molecule has 1 aromatic heterocycles. The van der Waals surface area contributed by atoms with Crippen LogP contribution in [0.5, 0.6) is 0 Å². The molecule has 176 valence electrons. The molecule has 0 aliphatic carbocycles. The van der Waals surface area contributed by atoms with Crippen LogP contribution in [0.25, 0.3) is 11.8 Å². The number of para-hydroxylation sites is 1. The Hall–Kier alpha value is -4.57. The molecule has 1 saturated heterocycles. The summed E-state index contributed by atoms with van der Waals surface area (Å²) in [5, 5.41) is 21.3. The van der Waals surface area contributed by atoms with E-state index in [1.807, 2.05) is 0 Å². The van der Waals surface area contributed by atoms with Crippen LogP contribution in [0.3, 0.4) is 0 Å². The molecule has 3 aromatic rings. The number of amides is 2. The zero-order valence-corrected chi connectivity index (χ0v) is 19.4. The van der Waals surface area contributed by atoms with Crippen molar-refractivity contribution >= 4 is 52.8 Å². The van der Waals surface area contributed by atoms with E-state index in [1.165, 1.54) is 23.1 Å². The minimum absolute atomic E-state index is 0.0273. The van der Waals surface area contributed by atoms with Crippen LogP contribution in [0.15, 0.2) is 60.2 Å². The van der Waals surface area contributed by atoms with Gasteiger partial charge in [0.25, 0.3) is 11.8 Å². The Morgan fingerprint density at radius 2 is 1.51 bits per heavy atom. The fourth-order valence-electron chi connectivity index (χ4n) is 3.94. The molecule has 0 saturated carbocycles. The van der Waals surface area contributed by atoms with Gasteiger partial charge in [0, 0.05) is 17.1 Å². The van der Waals surface area contributed by atoms with Crippen LogP contribution < -0.4 is 10.2 Å². The van der Waals surface area contributed by atoms with E-state index in [-0.39, 0.29) is 21.8 Å². The van der Waals surface area contributed by atoms with Crippen molar-refractivity contribution in [3.63, 3.8) is 0 Å². The third-order valence-electron chi connectivity index (χ3n) is 5.56. The van der Waals surface area contributed by atoms with Crippen molar-refractivity contribution < 1.29 is 29.4 Å². The summed E-state index contributed by atoms with van der Waals surface area (Å²) in [4.78, 5) is 50.2. The van der Waals surface area contributed by atoms with E-state index in [1.54, 1.807) is 54.8 Å². The number of aryl methyl sites for hydroxylation is 1. The first-order valence-electron chi connectivity index (χ1n) is 10.4. The first kappa shape index (κ1) is 23.6. The average molecular weight is 490 g/mol. The van der Waals surface area contributed by atoms with Crippen LogP contribution in [0.4, 0.5) is 5.69 Å². The summed E-state index contributed by atoms with van der Waals surface area (Å²) in [5.74, 6) is -3.75. The molecule has 35 heavy (non-hydrogen) atoms. The number of carboxylic acid groups (broad SMARTS) is 2. The molecular formula is C25H19N3O6S. The van der Waals surface area contributed by atoms with Gasteiger partial charge in [0.1, 0.15) is 5.57 Å². The molecule has 4 rings (SSSR count). The van der Waals surface area contributed by atoms with Gasteiger partial charge in [-0.05, 0) is 74.1 Å². The maximum atomic E-state index is 13.2. The second kappa shape index (κ2) is 8.99. The molecule has 10 heteroatoms. The average Bonchev–Trinajstić information content (AvgIpc) is 3.09. The Labute approximate surface area is 204 Å². The van der Waals surface area contributed by atoms with Gasteiger partial charge in [-0.25, -0.2) is 9.59 Å². The highest BCUT2D eigenvalue weighted by molar-refractivity contribution is 7.80. The number of rotatable bonds is 5. The molecule has 0 spiro atoms. The van der Waals surface area contributed by atoms with Crippen LogP contribution in [-0.4, -0.2) is 43.6 Å². The number of carboxylic acids is 2. The van der Waals surface area contributed by atoms with Crippen molar-refractivity contribution in [2.45, 2.75) is 13.8 Å². The molecule has 1 aliphatic heterocycles. The lowest BCUT2D eigenvalue weighted by molar-refractivity contribution is -0.122. The highest BCUT2D eigenvalue weighted by Crippen LogP contribution is 2.27. The molecule has 3 N–H and O–H groups in total. The molecule has 0 unspecified atom stereocenters. The number of benzene rings is 2. The third kappa shape index (κ3) is 4.34. The number of hydrogen-bond donors (Lipinski definition) is 3. The van der Waals surface area contributed by atoms with E-state index in [2.05, 4.69) is 5.32 Å². The number of anilines is 1. The minimum atomic E-state index is -1.26. The largest absolute Gasteiger partial charge is 0.478 e. The standard InChI is InChI=1S/C25H19N3O6S/c1-13-8-15(14(2)27(13)19-10-16(23(31)32)9-17(11-19)24(33)34)12-20-21(29)26-25(35)28(22(20)30)18-6-4-3-5-7-18/h3-12H,1-2H3,(H,31,32)(H,33,34)(H,26,29,35)/b20-12+. The van der Waals surface area contributed by atoms with Gasteiger partial charge >= 0.3 is 11.9 Å². The van der Waals surface area contributed by atoms with Gasteiger partial charge in [-0.1, -0.05) is 18.2 Å². The lowest BCUT2D eigenvalue weighted by Crippen LogP contribution is -2.54. The monoisotopic (exact) mass is 489 g/mol. The molecule has 9 nitrogen and oxygen atoms in total. The first-order valence-corrected chi connectivity index (χ1v) is 10.8. The molecule has 2 heterocycles. The summed E-state index contributed by atoms with van der Waals surface area (Å²) in [6, 6.07) is 14.2. The maximum Gasteiger partial charge on any atom is 0.335 e. The summed E-state index contributed by atoms with van der Waals surface area (Å²) in [6.07, 6.45) is 1.44. The second-order valence-electron chi connectivity index (χ2n) is 7.83. The van der Waals surface area contributed by atoms with Crippen molar-refractivity contribution in [1.82, 2.24) is 9.88 Å². The van der Waals surface area contributed by atoms with Crippen LogP contribution in [-0.2, 0) is 9.59 Å². The Morgan fingerprint density at radius 3 is 2.09 bits per heavy atom. The van der Waals surface area contributed by atoms with Crippen molar-refractivity contribution in [2.75, 3.05) is 4.90 Å². The number of aromatic carboxylic acids is 2. The van der Waals surface area contributed by atoms with E-state index < -0.39 is 23.8 Å². The Bertz CT molecular complexity index is 1420. The Kier molecular flexibility index (Phi) is 6.06. The number of aromatic nitrogens is 1. The zero-order chi connectivity index (χ0) is 25.4. The normalized spacial score (nSPS) is 14.9. The summed E-state index contributed by atoms with van der Waals surface area (Å²) in [5.41, 5.74) is 2.09. The van der Waals surface area contributed by atoms with E-state index in [0.29, 0.717) is 28.3 Å². The Morgan fingerprint density at radius 1 is 0.914 bits per heavy atom. The number of nitrogens with one attached hydrogen (secondary N) is 1. The molecule has 2 aromatic carbocycles. The zero-order valence-electron chi connectivity index (χ0n) is 18.6. The quantitative estimate of drug-likeness (QED) is 0.285.